The van der Waals surface area contributed by atoms with Gasteiger partial charge in [-0.2, -0.15) is 0 Å². The number of nitrogens with zero attached hydrogens (tertiary/aromatic N) is 3. The van der Waals surface area contributed by atoms with Crippen LogP contribution in [0.1, 0.15) is 31.7 Å². The highest BCUT2D eigenvalue weighted by atomic mass is 16.3. The van der Waals surface area contributed by atoms with Crippen molar-refractivity contribution in [3.63, 3.8) is 0 Å². The third-order valence-electron chi connectivity index (χ3n) is 4.55. The SMILES string of the molecule is O[C@@H]1CCC[C@H](n2ccnc2-c2ccc3cccnc3c2)C1. The van der Waals surface area contributed by atoms with Crippen LogP contribution in [0.2, 0.25) is 0 Å². The molecule has 1 aliphatic carbocycles. The summed E-state index contributed by atoms with van der Waals surface area (Å²) in [7, 11) is 0. The van der Waals surface area contributed by atoms with Crippen molar-refractivity contribution in [2.24, 2.45) is 0 Å². The minimum atomic E-state index is -0.188. The second-order valence-corrected chi connectivity index (χ2v) is 6.04. The molecule has 0 bridgehead atoms. The average Bonchev–Trinajstić information content (AvgIpc) is 3.04. The number of rotatable bonds is 2. The summed E-state index contributed by atoms with van der Waals surface area (Å²) in [6.07, 6.45) is 9.41. The maximum Gasteiger partial charge on any atom is 0.140 e. The Morgan fingerprint density at radius 3 is 2.95 bits per heavy atom. The van der Waals surface area contributed by atoms with Crippen LogP contribution in [-0.2, 0) is 0 Å². The molecule has 2 aromatic heterocycles. The number of hydrogen-bond donors (Lipinski definition) is 1. The highest BCUT2D eigenvalue weighted by molar-refractivity contribution is 5.82. The zero-order chi connectivity index (χ0) is 14.9. The molecule has 3 aromatic rings. The molecule has 0 saturated heterocycles. The Morgan fingerprint density at radius 1 is 1.09 bits per heavy atom. The number of benzene rings is 1. The van der Waals surface area contributed by atoms with Crippen molar-refractivity contribution in [1.82, 2.24) is 14.5 Å². The van der Waals surface area contributed by atoms with Crippen LogP contribution in [0.25, 0.3) is 22.3 Å². The standard InChI is InChI=1S/C18H19N3O/c22-16-5-1-4-15(12-16)21-10-9-20-18(21)14-7-6-13-3-2-8-19-17(13)11-14/h2-3,6-11,15-16,22H,1,4-5,12H2/t15-,16+/m0/s1. The Balaban J connectivity index is 1.74. The molecule has 0 spiro atoms. The van der Waals surface area contributed by atoms with Crippen molar-refractivity contribution in [3.8, 4) is 11.4 Å². The quantitative estimate of drug-likeness (QED) is 0.785. The topological polar surface area (TPSA) is 50.9 Å². The molecule has 2 heterocycles. The number of pyridine rings is 1. The number of aliphatic hydroxyl groups is 1. The Bertz CT molecular complexity index is 796. The van der Waals surface area contributed by atoms with E-state index in [1.54, 1.807) is 0 Å². The number of imidazole rings is 1. The summed E-state index contributed by atoms with van der Waals surface area (Å²) < 4.78 is 2.21. The van der Waals surface area contributed by atoms with E-state index in [0.29, 0.717) is 6.04 Å². The van der Waals surface area contributed by atoms with Crippen LogP contribution < -0.4 is 0 Å². The van der Waals surface area contributed by atoms with Gasteiger partial charge in [0.05, 0.1) is 11.6 Å². The van der Waals surface area contributed by atoms with Crippen molar-refractivity contribution >= 4 is 10.9 Å². The van der Waals surface area contributed by atoms with Gasteiger partial charge in [0.25, 0.3) is 0 Å². The van der Waals surface area contributed by atoms with Gasteiger partial charge in [0.1, 0.15) is 5.82 Å². The number of aromatic nitrogens is 3. The normalized spacial score (nSPS) is 22.0. The van der Waals surface area contributed by atoms with Crippen LogP contribution >= 0.6 is 0 Å². The molecule has 0 unspecified atom stereocenters. The lowest BCUT2D eigenvalue weighted by atomic mass is 9.92. The fraction of sp³-hybridized carbons (Fsp3) is 0.333. The minimum absolute atomic E-state index is 0.188. The van der Waals surface area contributed by atoms with Crippen LogP contribution in [0.3, 0.4) is 0 Å². The molecule has 4 rings (SSSR count). The Kier molecular flexibility index (Phi) is 3.39. The van der Waals surface area contributed by atoms with Crippen LogP contribution in [0, 0.1) is 0 Å². The van der Waals surface area contributed by atoms with Crippen molar-refractivity contribution in [2.75, 3.05) is 0 Å². The molecular weight excluding hydrogens is 274 g/mol. The van der Waals surface area contributed by atoms with Crippen LogP contribution in [0.5, 0.6) is 0 Å². The molecule has 2 atom stereocenters. The van der Waals surface area contributed by atoms with E-state index in [9.17, 15) is 5.11 Å². The monoisotopic (exact) mass is 293 g/mol. The fourth-order valence-corrected chi connectivity index (χ4v) is 3.43. The summed E-state index contributed by atoms with van der Waals surface area (Å²) >= 11 is 0. The molecular formula is C18H19N3O. The third kappa shape index (κ3) is 2.40. The van der Waals surface area contributed by atoms with Gasteiger partial charge in [-0.25, -0.2) is 4.98 Å². The molecule has 22 heavy (non-hydrogen) atoms. The molecule has 1 aromatic carbocycles. The summed E-state index contributed by atoms with van der Waals surface area (Å²) in [5, 5.41) is 11.1. The molecule has 1 fully saturated rings. The lowest BCUT2D eigenvalue weighted by molar-refractivity contribution is 0.104. The molecule has 1 aliphatic rings. The molecule has 1 N–H and O–H groups in total. The molecule has 0 radical (unpaired) electrons. The zero-order valence-electron chi connectivity index (χ0n) is 12.4. The highest BCUT2D eigenvalue weighted by Crippen LogP contribution is 2.32. The number of aliphatic hydroxyl groups excluding tert-OH is 1. The summed E-state index contributed by atoms with van der Waals surface area (Å²) in [5.74, 6) is 0.964. The first-order valence-corrected chi connectivity index (χ1v) is 7.87. The maximum atomic E-state index is 9.94. The van der Waals surface area contributed by atoms with E-state index < -0.39 is 0 Å². The van der Waals surface area contributed by atoms with Crippen molar-refractivity contribution in [3.05, 3.63) is 48.9 Å². The minimum Gasteiger partial charge on any atom is -0.393 e. The van der Waals surface area contributed by atoms with Crippen LogP contribution in [-0.4, -0.2) is 25.7 Å². The second kappa shape index (κ2) is 5.54. The summed E-state index contributed by atoms with van der Waals surface area (Å²) in [5.41, 5.74) is 2.06. The molecule has 0 amide bonds. The van der Waals surface area contributed by atoms with E-state index in [-0.39, 0.29) is 6.10 Å². The number of fused-ring (bicyclic) bond motifs is 1. The van der Waals surface area contributed by atoms with Gasteiger partial charge in [-0.05, 0) is 37.8 Å². The van der Waals surface area contributed by atoms with E-state index in [4.69, 9.17) is 0 Å². The first-order chi connectivity index (χ1) is 10.8. The fourth-order valence-electron chi connectivity index (χ4n) is 3.43. The first-order valence-electron chi connectivity index (χ1n) is 7.87. The lowest BCUT2D eigenvalue weighted by Gasteiger charge is -2.28. The molecule has 4 nitrogen and oxygen atoms in total. The number of hydrogen-bond acceptors (Lipinski definition) is 3. The van der Waals surface area contributed by atoms with Gasteiger partial charge in [0, 0.05) is 35.6 Å². The summed E-state index contributed by atoms with van der Waals surface area (Å²) in [6.45, 7) is 0. The van der Waals surface area contributed by atoms with Gasteiger partial charge >= 0.3 is 0 Å². The highest BCUT2D eigenvalue weighted by Gasteiger charge is 2.23. The van der Waals surface area contributed by atoms with E-state index in [2.05, 4.69) is 38.8 Å². The summed E-state index contributed by atoms with van der Waals surface area (Å²) in [6, 6.07) is 10.6. The molecule has 4 heteroatoms. The maximum absolute atomic E-state index is 9.94. The predicted octanol–water partition coefficient (Wildman–Crippen LogP) is 3.57. The predicted molar refractivity (Wildman–Crippen MR) is 86.5 cm³/mol. The van der Waals surface area contributed by atoms with E-state index >= 15 is 0 Å². The molecule has 1 saturated carbocycles. The van der Waals surface area contributed by atoms with Gasteiger partial charge in [-0.15, -0.1) is 0 Å². The molecule has 112 valence electrons. The van der Waals surface area contributed by atoms with Crippen molar-refractivity contribution in [1.29, 1.82) is 0 Å². The third-order valence-corrected chi connectivity index (χ3v) is 4.55. The summed E-state index contributed by atoms with van der Waals surface area (Å²) in [4.78, 5) is 8.98. The van der Waals surface area contributed by atoms with Gasteiger partial charge in [-0.1, -0.05) is 18.2 Å². The van der Waals surface area contributed by atoms with E-state index in [1.165, 1.54) is 0 Å². The lowest BCUT2D eigenvalue weighted by Crippen LogP contribution is -2.22. The van der Waals surface area contributed by atoms with Crippen molar-refractivity contribution < 1.29 is 5.11 Å². The second-order valence-electron chi connectivity index (χ2n) is 6.04. The van der Waals surface area contributed by atoms with Crippen LogP contribution in [0.15, 0.2) is 48.9 Å². The first kappa shape index (κ1) is 13.5. The molecule has 0 aliphatic heterocycles. The van der Waals surface area contributed by atoms with Crippen LogP contribution in [0.4, 0.5) is 0 Å². The Labute approximate surface area is 129 Å². The van der Waals surface area contributed by atoms with Crippen molar-refractivity contribution in [2.45, 2.75) is 37.8 Å². The average molecular weight is 293 g/mol. The van der Waals surface area contributed by atoms with Gasteiger partial charge in [-0.3, -0.25) is 4.98 Å². The van der Waals surface area contributed by atoms with Gasteiger partial charge in [0.2, 0.25) is 0 Å². The smallest absolute Gasteiger partial charge is 0.140 e. The largest absolute Gasteiger partial charge is 0.393 e. The van der Waals surface area contributed by atoms with Gasteiger partial charge in [0.15, 0.2) is 0 Å². The Hall–Kier alpha value is -2.20. The van der Waals surface area contributed by atoms with E-state index in [1.807, 2.05) is 24.7 Å². The van der Waals surface area contributed by atoms with Gasteiger partial charge < -0.3 is 9.67 Å². The van der Waals surface area contributed by atoms with E-state index in [0.717, 1.165) is 48.0 Å². The Morgan fingerprint density at radius 2 is 2.05 bits per heavy atom. The zero-order valence-corrected chi connectivity index (χ0v) is 12.4.